The minimum Gasteiger partial charge on any atom is -0.493 e. The Hall–Kier alpha value is -2.48. The van der Waals surface area contributed by atoms with Crippen LogP contribution in [-0.2, 0) is 5.41 Å². The standard InChI is InChI=1S/C16H16BrN5O2/c1-16(2,3)12-7-11(19-20-12)14(23)22-21-13-9-6-8(17)4-5-10(9)18-15(13)24/h4-7,18,24H,1-3H3,(H,19,20). The van der Waals surface area contributed by atoms with Crippen molar-refractivity contribution in [3.05, 3.63) is 40.1 Å². The zero-order valence-electron chi connectivity index (χ0n) is 13.4. The fourth-order valence-corrected chi connectivity index (χ4v) is 2.56. The van der Waals surface area contributed by atoms with E-state index in [1.807, 2.05) is 26.8 Å². The topological polar surface area (TPSA) is 106 Å². The SMILES string of the molecule is CC(C)(C)c1cc(C(=O)N=Nc2c(O)[nH]c3ccc(Br)cc23)n[nH]1. The van der Waals surface area contributed by atoms with E-state index in [2.05, 4.69) is 41.3 Å². The van der Waals surface area contributed by atoms with Crippen LogP contribution in [0.25, 0.3) is 10.9 Å². The Kier molecular flexibility index (Phi) is 4.00. The Morgan fingerprint density at radius 3 is 2.71 bits per heavy atom. The largest absolute Gasteiger partial charge is 0.493 e. The first kappa shape index (κ1) is 16.4. The number of aromatic amines is 2. The highest BCUT2D eigenvalue weighted by Gasteiger charge is 2.19. The van der Waals surface area contributed by atoms with Crippen LogP contribution < -0.4 is 0 Å². The number of rotatable bonds is 2. The van der Waals surface area contributed by atoms with Crippen LogP contribution in [0.4, 0.5) is 5.69 Å². The van der Waals surface area contributed by atoms with E-state index in [1.165, 1.54) is 0 Å². The summed E-state index contributed by atoms with van der Waals surface area (Å²) in [6.07, 6.45) is 0. The van der Waals surface area contributed by atoms with Crippen molar-refractivity contribution in [2.45, 2.75) is 26.2 Å². The first-order valence-corrected chi connectivity index (χ1v) is 8.07. The molecule has 0 atom stereocenters. The lowest BCUT2D eigenvalue weighted by atomic mass is 9.92. The third-order valence-electron chi connectivity index (χ3n) is 3.56. The summed E-state index contributed by atoms with van der Waals surface area (Å²) in [6.45, 7) is 6.04. The Labute approximate surface area is 146 Å². The number of benzene rings is 1. The van der Waals surface area contributed by atoms with E-state index in [-0.39, 0.29) is 22.7 Å². The number of carbonyl (C=O) groups is 1. The van der Waals surface area contributed by atoms with E-state index in [4.69, 9.17) is 0 Å². The number of aromatic nitrogens is 3. The normalized spacial score (nSPS) is 12.3. The number of azo groups is 1. The second-order valence-corrected chi connectivity index (χ2v) is 7.35. The predicted octanol–water partition coefficient (Wildman–Crippen LogP) is 4.58. The maximum atomic E-state index is 12.2. The summed E-state index contributed by atoms with van der Waals surface area (Å²) in [6, 6.07) is 7.08. The van der Waals surface area contributed by atoms with E-state index in [0.29, 0.717) is 10.9 Å². The van der Waals surface area contributed by atoms with Crippen molar-refractivity contribution < 1.29 is 9.90 Å². The van der Waals surface area contributed by atoms with Crippen molar-refractivity contribution in [2.24, 2.45) is 10.2 Å². The van der Waals surface area contributed by atoms with Gasteiger partial charge in [-0.1, -0.05) is 36.7 Å². The summed E-state index contributed by atoms with van der Waals surface area (Å²) in [7, 11) is 0. The Morgan fingerprint density at radius 2 is 2.04 bits per heavy atom. The van der Waals surface area contributed by atoms with Gasteiger partial charge in [-0.05, 0) is 24.3 Å². The second kappa shape index (κ2) is 5.86. The number of fused-ring (bicyclic) bond motifs is 1. The van der Waals surface area contributed by atoms with Gasteiger partial charge < -0.3 is 10.1 Å². The van der Waals surface area contributed by atoms with E-state index in [9.17, 15) is 9.90 Å². The van der Waals surface area contributed by atoms with Gasteiger partial charge in [0, 0.05) is 21.0 Å². The van der Waals surface area contributed by atoms with Gasteiger partial charge in [0.2, 0.25) is 5.88 Å². The fraction of sp³-hybridized carbons (Fsp3) is 0.250. The number of amides is 1. The van der Waals surface area contributed by atoms with Gasteiger partial charge in [0.15, 0.2) is 11.4 Å². The molecule has 0 aliphatic rings. The molecule has 0 aliphatic carbocycles. The van der Waals surface area contributed by atoms with Gasteiger partial charge in [-0.15, -0.1) is 10.2 Å². The van der Waals surface area contributed by atoms with E-state index in [0.717, 1.165) is 10.2 Å². The van der Waals surface area contributed by atoms with E-state index in [1.54, 1.807) is 18.2 Å². The highest BCUT2D eigenvalue weighted by molar-refractivity contribution is 9.10. The highest BCUT2D eigenvalue weighted by Crippen LogP contribution is 2.36. The number of nitrogens with one attached hydrogen (secondary N) is 2. The molecule has 3 rings (SSSR count). The minimum absolute atomic E-state index is 0.142. The smallest absolute Gasteiger partial charge is 0.315 e. The maximum Gasteiger partial charge on any atom is 0.315 e. The van der Waals surface area contributed by atoms with Crippen LogP contribution in [0.3, 0.4) is 0 Å². The summed E-state index contributed by atoms with van der Waals surface area (Å²) in [5, 5.41) is 25.0. The third-order valence-corrected chi connectivity index (χ3v) is 4.05. The Morgan fingerprint density at radius 1 is 1.29 bits per heavy atom. The molecule has 0 unspecified atom stereocenters. The second-order valence-electron chi connectivity index (χ2n) is 6.43. The number of carbonyl (C=O) groups excluding carboxylic acids is 1. The van der Waals surface area contributed by atoms with Gasteiger partial charge in [-0.2, -0.15) is 5.10 Å². The van der Waals surface area contributed by atoms with Crippen LogP contribution in [0.1, 0.15) is 37.0 Å². The lowest BCUT2D eigenvalue weighted by molar-refractivity contribution is 0.0990. The fourth-order valence-electron chi connectivity index (χ4n) is 2.20. The number of halogens is 1. The molecule has 0 spiro atoms. The molecule has 7 nitrogen and oxygen atoms in total. The van der Waals surface area contributed by atoms with Crippen molar-refractivity contribution >= 4 is 38.4 Å². The molecule has 1 amide bonds. The predicted molar refractivity (Wildman–Crippen MR) is 93.8 cm³/mol. The van der Waals surface area contributed by atoms with Crippen LogP contribution in [0.5, 0.6) is 5.88 Å². The van der Waals surface area contributed by atoms with E-state index >= 15 is 0 Å². The average Bonchev–Trinajstić information content (AvgIpc) is 3.09. The quantitative estimate of drug-likeness (QED) is 0.558. The van der Waals surface area contributed by atoms with Crippen LogP contribution in [-0.4, -0.2) is 26.2 Å². The van der Waals surface area contributed by atoms with Crippen LogP contribution in [0.15, 0.2) is 39.0 Å². The van der Waals surface area contributed by atoms with Gasteiger partial charge in [-0.3, -0.25) is 9.89 Å². The molecule has 0 radical (unpaired) electrons. The van der Waals surface area contributed by atoms with Gasteiger partial charge in [0.1, 0.15) is 0 Å². The van der Waals surface area contributed by atoms with Crippen molar-refractivity contribution in [1.29, 1.82) is 0 Å². The molecule has 0 aliphatic heterocycles. The maximum absolute atomic E-state index is 12.2. The highest BCUT2D eigenvalue weighted by atomic mass is 79.9. The van der Waals surface area contributed by atoms with E-state index < -0.39 is 5.91 Å². The molecule has 0 saturated heterocycles. The summed E-state index contributed by atoms with van der Waals surface area (Å²) in [5.74, 6) is -0.720. The molecule has 3 N–H and O–H groups in total. The summed E-state index contributed by atoms with van der Waals surface area (Å²) in [5.41, 5.74) is 1.78. The van der Waals surface area contributed by atoms with Crippen molar-refractivity contribution in [1.82, 2.24) is 15.2 Å². The number of aromatic hydroxyl groups is 1. The zero-order valence-corrected chi connectivity index (χ0v) is 15.0. The molecule has 124 valence electrons. The molecule has 8 heteroatoms. The zero-order chi connectivity index (χ0) is 17.5. The third kappa shape index (κ3) is 3.09. The number of hydrogen-bond donors (Lipinski definition) is 3. The molecule has 1 aromatic carbocycles. The van der Waals surface area contributed by atoms with Gasteiger partial charge in [0.25, 0.3) is 0 Å². The van der Waals surface area contributed by atoms with Crippen LogP contribution >= 0.6 is 15.9 Å². The molecular weight excluding hydrogens is 374 g/mol. The van der Waals surface area contributed by atoms with Crippen LogP contribution in [0, 0.1) is 0 Å². The van der Waals surface area contributed by atoms with Crippen LogP contribution in [0.2, 0.25) is 0 Å². The molecule has 3 aromatic rings. The molecule has 0 fully saturated rings. The molecule has 2 aromatic heterocycles. The summed E-state index contributed by atoms with van der Waals surface area (Å²) >= 11 is 3.36. The number of nitrogens with zero attached hydrogens (tertiary/aromatic N) is 3. The van der Waals surface area contributed by atoms with Crippen molar-refractivity contribution in [3.8, 4) is 5.88 Å². The Bertz CT molecular complexity index is 949. The lowest BCUT2D eigenvalue weighted by Crippen LogP contribution is -2.11. The van der Waals surface area contributed by atoms with Gasteiger partial charge in [-0.25, -0.2) is 0 Å². The van der Waals surface area contributed by atoms with Gasteiger partial charge in [0.05, 0.1) is 5.52 Å². The average molecular weight is 390 g/mol. The van der Waals surface area contributed by atoms with Crippen molar-refractivity contribution in [3.63, 3.8) is 0 Å². The molecular formula is C16H16BrN5O2. The first-order chi connectivity index (χ1) is 11.3. The summed E-state index contributed by atoms with van der Waals surface area (Å²) in [4.78, 5) is 14.9. The number of hydrogen-bond acceptors (Lipinski definition) is 4. The van der Waals surface area contributed by atoms with Crippen molar-refractivity contribution in [2.75, 3.05) is 0 Å². The molecule has 24 heavy (non-hydrogen) atoms. The monoisotopic (exact) mass is 389 g/mol. The molecule has 0 saturated carbocycles. The first-order valence-electron chi connectivity index (χ1n) is 7.28. The Balaban J connectivity index is 1.91. The number of H-pyrrole nitrogens is 2. The molecule has 2 heterocycles. The summed E-state index contributed by atoms with van der Waals surface area (Å²) < 4.78 is 0.832. The van der Waals surface area contributed by atoms with Gasteiger partial charge >= 0.3 is 5.91 Å². The minimum atomic E-state index is -0.578. The molecule has 0 bridgehead atoms. The lowest BCUT2D eigenvalue weighted by Gasteiger charge is -2.14.